The van der Waals surface area contributed by atoms with Gasteiger partial charge in [0, 0.05) is 22.1 Å². The maximum absolute atomic E-state index is 9.51. The van der Waals surface area contributed by atoms with Crippen molar-refractivity contribution in [2.24, 2.45) is 20.0 Å². The minimum absolute atomic E-state index is 0.871. The van der Waals surface area contributed by atoms with Gasteiger partial charge < -0.3 is 7.10 Å². The predicted molar refractivity (Wildman–Crippen MR) is 362 cm³/mol. The molecule has 12 bridgehead atoms. The van der Waals surface area contributed by atoms with Gasteiger partial charge in [0.15, 0.2) is 0 Å². The third kappa shape index (κ3) is 10.3. The van der Waals surface area contributed by atoms with Gasteiger partial charge in [-0.3, -0.25) is 3.58 Å². The maximum atomic E-state index is 9.51. The Balaban J connectivity index is 0.00000157. The summed E-state index contributed by atoms with van der Waals surface area (Å²) in [5.41, 5.74) is 35.6. The van der Waals surface area contributed by atoms with E-state index < -0.39 is 33.0 Å². The molecule has 0 saturated carbocycles. The standard InChI is InChI=1S/C37H47N4OP.C36H44N4.Al.ClHO4/c1-10-22-23(11-2)31-19-35-28(16-7)29(17-8)37-21-33-25(13-4)24(12-3)32(39-33)20-36-27(15-6)26(14-5)34(18-30(22)38-31)40(36)43(9,42)41(35)37;1-9-21-22(10-2)30-18-32-25(13-5)26(14-6)34(39-32)20-36-28(16-8)27(15-7)35(40-36)19-33-24(12-4)23(11-3)31(38-33)17-29(21)37-30;;2-1(3,4)5/h18-21H,10-17H2,1-9H3;17-20H,9-16H2,1-8H3;;(H,2,3,4,5)/q;-2;+3;/p-1. The number of fused-ring (bicyclic) bond motifs is 4. The van der Waals surface area contributed by atoms with Crippen molar-refractivity contribution in [1.82, 2.24) is 15.8 Å². The molecular formula is C73H91AlClN8O5P. The van der Waals surface area contributed by atoms with Gasteiger partial charge in [-0.05, 0) is 240 Å². The molecule has 0 radical (unpaired) electrons. The fourth-order valence-corrected chi connectivity index (χ4v) is 24.0. The van der Waals surface area contributed by atoms with Crippen LogP contribution in [0.25, 0.3) is 48.6 Å². The van der Waals surface area contributed by atoms with Crippen molar-refractivity contribution in [1.29, 1.82) is 0 Å². The SMILES string of the molecule is CCC1=C(CC)C2=NC1=Cc1c(CC)c(CC)c3[n]1[Al]([O][P+]1(C)n4c5c(CC)c(CC)c4C=C4N=C(C=c6c(CC)c(CC)c(n61)=CC1=NC(=C5)C(CC)=C1CC)C(CC)=C4CC)[n]1c(c(CC)c(CC)c1=CC1=NC(=C3)C(CC)=C1CC)=C2.[O-][Cl+3]([O-])([O-])[O-]. The van der Waals surface area contributed by atoms with Gasteiger partial charge in [0.2, 0.25) is 0 Å². The molecule has 89 heavy (non-hydrogen) atoms. The summed E-state index contributed by atoms with van der Waals surface area (Å²) in [6.45, 7) is 40.2. The molecule has 16 heteroatoms. The second-order valence-corrected chi connectivity index (χ2v) is 29.8. The number of nitrogens with zero attached hydrogens (tertiary/aromatic N) is 8. The Kier molecular flexibility index (Phi) is 18.5. The van der Waals surface area contributed by atoms with Crippen LogP contribution in [-0.4, -0.2) is 60.2 Å². The summed E-state index contributed by atoms with van der Waals surface area (Å²) in [6.07, 6.45) is 34.4. The lowest BCUT2D eigenvalue weighted by Crippen LogP contribution is -2.68. The van der Waals surface area contributed by atoms with Gasteiger partial charge in [0.1, 0.15) is 6.66 Å². The van der Waals surface area contributed by atoms with Gasteiger partial charge in [0.05, 0.1) is 67.7 Å². The summed E-state index contributed by atoms with van der Waals surface area (Å²) in [7, 11) is -8.25. The molecule has 0 spiro atoms. The van der Waals surface area contributed by atoms with E-state index in [-0.39, 0.29) is 0 Å². The van der Waals surface area contributed by atoms with Gasteiger partial charge in [-0.15, -0.1) is 10.2 Å². The fraction of sp³-hybridized carbons (Fsp3) is 0.452. The molecule has 12 heterocycles. The first kappa shape index (κ1) is 64.8. The molecule has 4 aromatic heterocycles. The normalized spacial score (nSPS) is 18.8. The number of rotatable bonds is 18. The molecule has 0 saturated heterocycles. The van der Waals surface area contributed by atoms with Crippen LogP contribution in [0.1, 0.15) is 229 Å². The van der Waals surface area contributed by atoms with Crippen LogP contribution in [0.5, 0.6) is 0 Å². The van der Waals surface area contributed by atoms with E-state index in [1.807, 2.05) is 0 Å². The molecule has 8 aliphatic heterocycles. The third-order valence-electron chi connectivity index (χ3n) is 20.1. The highest BCUT2D eigenvalue weighted by Crippen LogP contribution is 2.62. The number of aromatic nitrogens is 4. The highest BCUT2D eigenvalue weighted by Gasteiger charge is 2.56. The van der Waals surface area contributed by atoms with Crippen LogP contribution < -0.4 is 40.0 Å². The molecule has 8 aliphatic rings. The van der Waals surface area contributed by atoms with Crippen molar-refractivity contribution in [2.75, 3.05) is 6.66 Å². The lowest BCUT2D eigenvalue weighted by Gasteiger charge is -2.31. The lowest BCUT2D eigenvalue weighted by atomic mass is 9.97. The van der Waals surface area contributed by atoms with Crippen LogP contribution in [-0.2, 0) is 54.9 Å². The molecule has 1 atom stereocenters. The summed E-state index contributed by atoms with van der Waals surface area (Å²) in [4.78, 5) is 23.1. The van der Waals surface area contributed by atoms with Crippen molar-refractivity contribution in [3.63, 3.8) is 0 Å². The minimum Gasteiger partial charge on any atom is -0.388 e. The van der Waals surface area contributed by atoms with Crippen LogP contribution in [0.2, 0.25) is 0 Å². The van der Waals surface area contributed by atoms with E-state index in [0.717, 1.165) is 148 Å². The fourth-order valence-electron chi connectivity index (χ4n) is 16.5. The Morgan fingerprint density at radius 2 is 0.573 bits per heavy atom. The van der Waals surface area contributed by atoms with Crippen LogP contribution in [0, 0.1) is 10.2 Å². The molecule has 0 amide bonds. The van der Waals surface area contributed by atoms with Crippen molar-refractivity contribution in [2.45, 2.75) is 214 Å². The maximum Gasteiger partial charge on any atom is 0.847 e. The molecule has 468 valence electrons. The lowest BCUT2D eigenvalue weighted by molar-refractivity contribution is -2.00. The zero-order valence-electron chi connectivity index (χ0n) is 56.0. The molecule has 1 unspecified atom stereocenters. The summed E-state index contributed by atoms with van der Waals surface area (Å²) in [5.74, 6) is 0. The largest absolute Gasteiger partial charge is 0.847 e. The second-order valence-electron chi connectivity index (χ2n) is 24.1. The smallest absolute Gasteiger partial charge is 0.388 e. The first-order valence-corrected chi connectivity index (χ1v) is 38.4. The molecule has 13 nitrogen and oxygen atoms in total. The van der Waals surface area contributed by atoms with E-state index in [0.29, 0.717) is 0 Å². The zero-order chi connectivity index (χ0) is 63.9. The van der Waals surface area contributed by atoms with Crippen molar-refractivity contribution in [3.05, 3.63) is 156 Å². The van der Waals surface area contributed by atoms with Crippen molar-refractivity contribution < 1.29 is 32.5 Å². The number of aliphatic imine (C=N–C) groups is 4. The average Bonchev–Trinajstić information content (AvgIpc) is 1.58. The van der Waals surface area contributed by atoms with E-state index >= 15 is 0 Å². The molecule has 0 fully saturated rings. The van der Waals surface area contributed by atoms with E-state index in [2.05, 4.69) is 182 Å². The predicted octanol–water partition coefficient (Wildman–Crippen LogP) is 10.3. The first-order chi connectivity index (χ1) is 42.8. The molecule has 0 aromatic carbocycles. The minimum atomic E-state index is -4.94. The summed E-state index contributed by atoms with van der Waals surface area (Å²) < 4.78 is 54.7. The van der Waals surface area contributed by atoms with Crippen molar-refractivity contribution in [3.8, 4) is 0 Å². The van der Waals surface area contributed by atoms with Gasteiger partial charge in [0.25, 0.3) is 0 Å². The first-order valence-electron chi connectivity index (χ1n) is 33.6. The monoisotopic (exact) mass is 1250 g/mol. The highest BCUT2D eigenvalue weighted by atomic mass is 35.7. The molecular weight excluding hydrogens is 1160 g/mol. The van der Waals surface area contributed by atoms with Crippen LogP contribution in [0.3, 0.4) is 0 Å². The number of allylic oxidation sites excluding steroid dienone is 8. The van der Waals surface area contributed by atoms with E-state index in [1.54, 1.807) is 0 Å². The summed E-state index contributed by atoms with van der Waals surface area (Å²) in [6, 6.07) is 0. The van der Waals surface area contributed by atoms with Crippen LogP contribution in [0.15, 0.2) is 87.3 Å². The zero-order valence-corrected chi connectivity index (χ0v) is 58.8. The third-order valence-corrected chi connectivity index (χ3v) is 26.8. The number of hydrogen-bond acceptors (Lipinski definition) is 9. The quantitative estimate of drug-likeness (QED) is 0.0712. The van der Waals surface area contributed by atoms with Crippen LogP contribution >= 0.6 is 7.79 Å². The molecule has 0 N–H and O–H groups in total. The molecule has 12 rings (SSSR count). The Bertz CT molecular complexity index is 4110. The van der Waals surface area contributed by atoms with Crippen molar-refractivity contribution >= 4 is 94.2 Å². The average molecular weight is 1250 g/mol. The Hall–Kier alpha value is -5.75. The topological polar surface area (TPSA) is 171 Å². The van der Waals surface area contributed by atoms with E-state index in [9.17, 15) is 3.58 Å². The van der Waals surface area contributed by atoms with E-state index in [1.165, 1.54) is 133 Å². The Labute approximate surface area is 535 Å². The van der Waals surface area contributed by atoms with Gasteiger partial charge in [-0.1, -0.05) is 111 Å². The van der Waals surface area contributed by atoms with Gasteiger partial charge in [-0.25, -0.2) is 38.6 Å². The van der Waals surface area contributed by atoms with Crippen LogP contribution in [0.4, 0.5) is 0 Å². The molecule has 4 aromatic rings. The van der Waals surface area contributed by atoms with E-state index in [4.69, 9.17) is 38.6 Å². The highest BCUT2D eigenvalue weighted by molar-refractivity contribution is 7.68. The Morgan fingerprint density at radius 3 is 0.843 bits per heavy atom. The second kappa shape index (κ2) is 25.4. The summed E-state index contributed by atoms with van der Waals surface area (Å²) >= 11 is -3.21. The number of halogens is 1. The Morgan fingerprint density at radius 1 is 0.326 bits per heavy atom. The summed E-state index contributed by atoms with van der Waals surface area (Å²) in [5, 5.41) is 4.92. The molecule has 0 aliphatic carbocycles. The number of hydrogen-bond donors (Lipinski definition) is 0. The van der Waals surface area contributed by atoms with Gasteiger partial charge >= 0.3 is 22.7 Å². The van der Waals surface area contributed by atoms with Gasteiger partial charge in [-0.2, -0.15) is 8.68 Å².